The van der Waals surface area contributed by atoms with Crippen LogP contribution >= 0.6 is 0 Å². The van der Waals surface area contributed by atoms with Gasteiger partial charge in [0.1, 0.15) is 23.8 Å². The number of aryl methyl sites for hydroxylation is 2. The van der Waals surface area contributed by atoms with Crippen LogP contribution in [0.25, 0.3) is 0 Å². The molecule has 0 saturated carbocycles. The number of hydrogen-bond donors (Lipinski definition) is 1. The number of rotatable bonds is 15. The first-order chi connectivity index (χ1) is 21.4. The highest BCUT2D eigenvalue weighted by molar-refractivity contribution is 5.97. The maximum Gasteiger partial charge on any atom is 0.310 e. The largest absolute Gasteiger partial charge is 0.481 e. The molecule has 0 aliphatic carbocycles. The highest BCUT2D eigenvalue weighted by Gasteiger charge is 2.24. The number of aliphatic carboxylic acids is 1. The SMILES string of the molecule is CC(=O)CCc1ccc(C(=O)CCCC(=O)CC(=O)O)cc1.CCC(=O)N1CCN(C(=O)c2ccc(CCC(C)=O)cc2)CC1. The van der Waals surface area contributed by atoms with Crippen molar-refractivity contribution in [2.75, 3.05) is 26.2 Å². The summed E-state index contributed by atoms with van der Waals surface area (Å²) in [6.45, 7) is 7.36. The van der Waals surface area contributed by atoms with Crippen molar-refractivity contribution in [2.45, 2.75) is 78.6 Å². The average molecular weight is 621 g/mol. The molecule has 0 radical (unpaired) electrons. The Labute approximate surface area is 264 Å². The number of carboxylic acid groups (broad SMARTS) is 1. The van der Waals surface area contributed by atoms with Crippen molar-refractivity contribution in [3.63, 3.8) is 0 Å². The summed E-state index contributed by atoms with van der Waals surface area (Å²) in [5.41, 5.74) is 3.29. The number of carbonyl (C=O) groups is 7. The minimum atomic E-state index is -1.14. The van der Waals surface area contributed by atoms with Crippen LogP contribution in [0.4, 0.5) is 0 Å². The summed E-state index contributed by atoms with van der Waals surface area (Å²) in [5.74, 6) is -1.12. The van der Waals surface area contributed by atoms with E-state index in [1.54, 1.807) is 30.9 Å². The second-order valence-corrected chi connectivity index (χ2v) is 11.2. The van der Waals surface area contributed by atoms with Gasteiger partial charge in [-0.2, -0.15) is 0 Å². The van der Waals surface area contributed by atoms with E-state index < -0.39 is 12.4 Å². The average Bonchev–Trinajstić information content (AvgIpc) is 3.02. The second-order valence-electron chi connectivity index (χ2n) is 11.2. The summed E-state index contributed by atoms with van der Waals surface area (Å²) in [6.07, 6.45) is 3.09. The molecule has 2 aromatic carbocycles. The molecule has 10 heteroatoms. The normalized spacial score (nSPS) is 12.5. The van der Waals surface area contributed by atoms with E-state index in [-0.39, 0.29) is 47.8 Å². The Kier molecular flexibility index (Phi) is 15.5. The molecule has 3 rings (SSSR count). The Balaban J connectivity index is 0.000000314. The number of hydrogen-bond acceptors (Lipinski definition) is 7. The van der Waals surface area contributed by atoms with E-state index in [4.69, 9.17) is 5.11 Å². The van der Waals surface area contributed by atoms with E-state index in [1.165, 1.54) is 0 Å². The number of carbonyl (C=O) groups excluding carboxylic acids is 6. The van der Waals surface area contributed by atoms with Crippen molar-refractivity contribution in [3.8, 4) is 0 Å². The van der Waals surface area contributed by atoms with Gasteiger partial charge in [-0.05, 0) is 56.4 Å². The lowest BCUT2D eigenvalue weighted by molar-refractivity contribution is -0.140. The van der Waals surface area contributed by atoms with Gasteiger partial charge in [-0.1, -0.05) is 43.3 Å². The standard InChI is InChI=1S/C18H24N2O3.C17H20O5/c1-3-17(22)19-10-12-20(13-11-19)18(23)16-8-6-15(7-9-16)5-4-14(2)21;1-12(18)5-6-13-7-9-14(10-8-13)16(20)4-2-3-15(19)11-17(21)22/h6-9H,3-5,10-13H2,1-2H3;7-10H,2-6,11H2,1H3,(H,21,22). The molecule has 0 atom stereocenters. The Bertz CT molecular complexity index is 1340. The van der Waals surface area contributed by atoms with Crippen LogP contribution in [-0.4, -0.2) is 82.0 Å². The zero-order valence-corrected chi connectivity index (χ0v) is 26.5. The molecule has 1 saturated heterocycles. The molecule has 0 spiro atoms. The third kappa shape index (κ3) is 13.8. The van der Waals surface area contributed by atoms with Crippen LogP contribution in [0.3, 0.4) is 0 Å². The summed E-state index contributed by atoms with van der Waals surface area (Å²) < 4.78 is 0. The van der Waals surface area contributed by atoms with Gasteiger partial charge < -0.3 is 24.5 Å². The number of carboxylic acids is 1. The zero-order valence-electron chi connectivity index (χ0n) is 26.5. The van der Waals surface area contributed by atoms with Gasteiger partial charge in [-0.3, -0.25) is 24.0 Å². The Hall–Kier alpha value is -4.47. The summed E-state index contributed by atoms with van der Waals surface area (Å²) in [6, 6.07) is 14.5. The van der Waals surface area contributed by atoms with Gasteiger partial charge >= 0.3 is 5.97 Å². The number of piperazine rings is 1. The van der Waals surface area contributed by atoms with Gasteiger partial charge in [-0.25, -0.2) is 0 Å². The van der Waals surface area contributed by atoms with E-state index in [1.807, 2.05) is 48.2 Å². The van der Waals surface area contributed by atoms with Gasteiger partial charge in [0.15, 0.2) is 5.78 Å². The molecule has 0 bridgehead atoms. The first kappa shape index (κ1) is 36.7. The fourth-order valence-electron chi connectivity index (χ4n) is 4.72. The van der Waals surface area contributed by atoms with Crippen LogP contribution in [0.2, 0.25) is 0 Å². The van der Waals surface area contributed by atoms with E-state index >= 15 is 0 Å². The van der Waals surface area contributed by atoms with Crippen molar-refractivity contribution in [3.05, 3.63) is 70.8 Å². The molecule has 10 nitrogen and oxygen atoms in total. The fourth-order valence-corrected chi connectivity index (χ4v) is 4.72. The Morgan fingerprint density at radius 3 is 1.56 bits per heavy atom. The zero-order chi connectivity index (χ0) is 33.4. The Morgan fingerprint density at radius 2 is 1.11 bits per heavy atom. The maximum absolute atomic E-state index is 12.5. The second kappa shape index (κ2) is 19.0. The number of ketones is 4. The highest BCUT2D eigenvalue weighted by Crippen LogP contribution is 2.13. The summed E-state index contributed by atoms with van der Waals surface area (Å²) in [4.78, 5) is 83.2. The van der Waals surface area contributed by atoms with Crippen molar-refractivity contribution in [2.24, 2.45) is 0 Å². The Morgan fingerprint density at radius 1 is 0.644 bits per heavy atom. The minimum Gasteiger partial charge on any atom is -0.481 e. The topological polar surface area (TPSA) is 146 Å². The van der Waals surface area contributed by atoms with Gasteiger partial charge in [0.2, 0.25) is 5.91 Å². The molecule has 0 unspecified atom stereocenters. The molecular weight excluding hydrogens is 576 g/mol. The maximum atomic E-state index is 12.5. The molecule has 1 aliphatic heterocycles. The van der Waals surface area contributed by atoms with E-state index in [2.05, 4.69) is 0 Å². The van der Waals surface area contributed by atoms with Gasteiger partial charge in [0.05, 0.1) is 0 Å². The molecule has 1 heterocycles. The first-order valence-corrected chi connectivity index (χ1v) is 15.4. The van der Waals surface area contributed by atoms with Gasteiger partial charge in [0.25, 0.3) is 5.91 Å². The van der Waals surface area contributed by atoms with Crippen molar-refractivity contribution in [1.82, 2.24) is 9.80 Å². The fraction of sp³-hybridized carbons (Fsp3) is 0.457. The molecule has 45 heavy (non-hydrogen) atoms. The lowest BCUT2D eigenvalue weighted by Crippen LogP contribution is -2.50. The first-order valence-electron chi connectivity index (χ1n) is 15.4. The molecule has 1 fully saturated rings. The number of amides is 2. The predicted octanol–water partition coefficient (Wildman–Crippen LogP) is 4.51. The quantitative estimate of drug-likeness (QED) is 0.226. The monoisotopic (exact) mass is 620 g/mol. The third-order valence-electron chi connectivity index (χ3n) is 7.44. The lowest BCUT2D eigenvalue weighted by atomic mass is 10.0. The smallest absolute Gasteiger partial charge is 0.310 e. The summed E-state index contributed by atoms with van der Waals surface area (Å²) in [5, 5.41) is 8.47. The van der Waals surface area contributed by atoms with Crippen molar-refractivity contribution in [1.29, 1.82) is 0 Å². The van der Waals surface area contributed by atoms with E-state index in [0.717, 1.165) is 11.1 Å². The third-order valence-corrected chi connectivity index (χ3v) is 7.44. The number of nitrogens with zero attached hydrogens (tertiary/aromatic N) is 2. The van der Waals surface area contributed by atoms with Gasteiger partial charge in [-0.15, -0.1) is 0 Å². The number of Topliss-reactive ketones (excluding diaryl/α,β-unsaturated/α-hetero) is 4. The van der Waals surface area contributed by atoms with Crippen LogP contribution in [-0.2, 0) is 36.8 Å². The lowest BCUT2D eigenvalue weighted by Gasteiger charge is -2.34. The molecule has 2 amide bonds. The minimum absolute atomic E-state index is 0.00622. The molecule has 1 aliphatic rings. The van der Waals surface area contributed by atoms with E-state index in [9.17, 15) is 33.6 Å². The molecular formula is C35H44N2O8. The van der Waals surface area contributed by atoms with Gasteiger partial charge in [0, 0.05) is 69.4 Å². The molecule has 2 aromatic rings. The van der Waals surface area contributed by atoms with Crippen LogP contribution < -0.4 is 0 Å². The highest BCUT2D eigenvalue weighted by atomic mass is 16.4. The number of benzene rings is 2. The predicted molar refractivity (Wildman–Crippen MR) is 169 cm³/mol. The van der Waals surface area contributed by atoms with Crippen LogP contribution in [0.5, 0.6) is 0 Å². The van der Waals surface area contributed by atoms with Crippen molar-refractivity contribution < 1.29 is 38.7 Å². The van der Waals surface area contributed by atoms with Crippen molar-refractivity contribution >= 4 is 40.9 Å². The summed E-state index contributed by atoms with van der Waals surface area (Å²) in [7, 11) is 0. The van der Waals surface area contributed by atoms with Crippen LogP contribution in [0, 0.1) is 0 Å². The summed E-state index contributed by atoms with van der Waals surface area (Å²) >= 11 is 0. The molecule has 242 valence electrons. The molecule has 1 N–H and O–H groups in total. The van der Waals surface area contributed by atoms with E-state index in [0.29, 0.717) is 75.8 Å². The van der Waals surface area contributed by atoms with Crippen LogP contribution in [0.1, 0.15) is 97.6 Å². The molecule has 0 aromatic heterocycles. The van der Waals surface area contributed by atoms with Crippen LogP contribution in [0.15, 0.2) is 48.5 Å².